The molecule has 18 heavy (non-hydrogen) atoms. The van der Waals surface area contributed by atoms with Crippen LogP contribution in [0.2, 0.25) is 0 Å². The van der Waals surface area contributed by atoms with Crippen LogP contribution in [0.4, 0.5) is 0 Å². The van der Waals surface area contributed by atoms with Crippen molar-refractivity contribution in [2.24, 2.45) is 0 Å². The minimum Gasteiger partial charge on any atom is -0.456 e. The molecule has 1 aromatic heterocycles. The zero-order chi connectivity index (χ0) is 12.1. The van der Waals surface area contributed by atoms with Crippen molar-refractivity contribution in [3.63, 3.8) is 0 Å². The molecular formula is C17H12O. The van der Waals surface area contributed by atoms with Gasteiger partial charge in [0.25, 0.3) is 0 Å². The van der Waals surface area contributed by atoms with Gasteiger partial charge in [-0.15, -0.1) is 0 Å². The van der Waals surface area contributed by atoms with Crippen LogP contribution in [0.1, 0.15) is 5.56 Å². The van der Waals surface area contributed by atoms with E-state index in [4.69, 9.17) is 4.42 Å². The first-order valence-electron chi connectivity index (χ1n) is 6.14. The second-order valence-electron chi connectivity index (χ2n) is 4.70. The van der Waals surface area contributed by atoms with Crippen LogP contribution in [0.15, 0.2) is 59.0 Å². The summed E-state index contributed by atoms with van der Waals surface area (Å²) in [7, 11) is 0. The summed E-state index contributed by atoms with van der Waals surface area (Å²) in [5, 5.41) is 4.95. The first-order valence-corrected chi connectivity index (χ1v) is 6.14. The van der Waals surface area contributed by atoms with E-state index in [-0.39, 0.29) is 0 Å². The minimum absolute atomic E-state index is 0.964. The molecule has 0 aliphatic carbocycles. The molecule has 4 aromatic rings. The second-order valence-corrected chi connectivity index (χ2v) is 4.70. The van der Waals surface area contributed by atoms with Crippen molar-refractivity contribution in [2.75, 3.05) is 0 Å². The molecule has 0 aliphatic rings. The van der Waals surface area contributed by atoms with Gasteiger partial charge in [-0.1, -0.05) is 42.5 Å². The Kier molecular flexibility index (Phi) is 1.81. The van der Waals surface area contributed by atoms with E-state index >= 15 is 0 Å². The van der Waals surface area contributed by atoms with E-state index in [1.807, 2.05) is 12.1 Å². The molecule has 0 N–H and O–H groups in total. The van der Waals surface area contributed by atoms with Gasteiger partial charge in [0.05, 0.1) is 0 Å². The smallest absolute Gasteiger partial charge is 0.138 e. The Labute approximate surface area is 105 Å². The Morgan fingerprint density at radius 2 is 1.50 bits per heavy atom. The highest BCUT2D eigenvalue weighted by molar-refractivity contribution is 6.11. The number of hydrogen-bond acceptors (Lipinski definition) is 1. The number of furan rings is 1. The Hall–Kier alpha value is -2.28. The predicted octanol–water partition coefficient (Wildman–Crippen LogP) is 5.05. The van der Waals surface area contributed by atoms with Gasteiger partial charge in [-0.2, -0.15) is 0 Å². The summed E-state index contributed by atoms with van der Waals surface area (Å²) < 4.78 is 5.99. The van der Waals surface area contributed by atoms with Crippen molar-refractivity contribution in [3.05, 3.63) is 60.2 Å². The third kappa shape index (κ3) is 1.16. The van der Waals surface area contributed by atoms with Crippen molar-refractivity contribution in [3.8, 4) is 0 Å². The Morgan fingerprint density at radius 1 is 0.778 bits per heavy atom. The molecule has 1 heterocycles. The maximum atomic E-state index is 5.99. The van der Waals surface area contributed by atoms with Crippen LogP contribution in [0.25, 0.3) is 32.7 Å². The van der Waals surface area contributed by atoms with Crippen LogP contribution in [-0.2, 0) is 0 Å². The quantitative estimate of drug-likeness (QED) is 0.413. The monoisotopic (exact) mass is 232 g/mol. The SMILES string of the molecule is Cc1c2ccccc2cc2c1oc1ccccc12. The summed E-state index contributed by atoms with van der Waals surface area (Å²) in [4.78, 5) is 0. The Balaban J connectivity index is 2.33. The van der Waals surface area contributed by atoms with Gasteiger partial charge < -0.3 is 4.42 Å². The molecule has 86 valence electrons. The fourth-order valence-corrected chi connectivity index (χ4v) is 2.73. The zero-order valence-corrected chi connectivity index (χ0v) is 10.1. The highest BCUT2D eigenvalue weighted by Crippen LogP contribution is 2.34. The molecule has 3 aromatic carbocycles. The van der Waals surface area contributed by atoms with Crippen LogP contribution >= 0.6 is 0 Å². The van der Waals surface area contributed by atoms with Crippen molar-refractivity contribution >= 4 is 32.7 Å². The lowest BCUT2D eigenvalue weighted by Gasteiger charge is -2.02. The lowest BCUT2D eigenvalue weighted by atomic mass is 10.0. The molecule has 0 fully saturated rings. The van der Waals surface area contributed by atoms with Crippen molar-refractivity contribution in [2.45, 2.75) is 6.92 Å². The second kappa shape index (κ2) is 3.36. The van der Waals surface area contributed by atoms with Crippen LogP contribution in [-0.4, -0.2) is 0 Å². The third-order valence-electron chi connectivity index (χ3n) is 3.64. The molecule has 0 unspecified atom stereocenters. The number of para-hydroxylation sites is 1. The van der Waals surface area contributed by atoms with E-state index < -0.39 is 0 Å². The molecule has 0 amide bonds. The number of rotatable bonds is 0. The summed E-state index contributed by atoms with van der Waals surface area (Å²) in [6.45, 7) is 2.13. The van der Waals surface area contributed by atoms with Crippen molar-refractivity contribution in [1.82, 2.24) is 0 Å². The van der Waals surface area contributed by atoms with Crippen LogP contribution in [0, 0.1) is 6.92 Å². The largest absolute Gasteiger partial charge is 0.456 e. The van der Waals surface area contributed by atoms with E-state index in [2.05, 4.69) is 49.4 Å². The molecule has 1 nitrogen and oxygen atoms in total. The predicted molar refractivity (Wildman–Crippen MR) is 76.0 cm³/mol. The summed E-state index contributed by atoms with van der Waals surface area (Å²) in [6, 6.07) is 18.9. The standard InChI is InChI=1S/C17H12O/c1-11-13-7-3-2-6-12(13)10-15-14-8-4-5-9-16(14)18-17(11)15/h2-10H,1H3. The molecule has 0 spiro atoms. The van der Waals surface area contributed by atoms with Gasteiger partial charge in [0.15, 0.2) is 0 Å². The maximum absolute atomic E-state index is 5.99. The van der Waals surface area contributed by atoms with E-state index in [0.29, 0.717) is 0 Å². The van der Waals surface area contributed by atoms with Gasteiger partial charge in [-0.05, 0) is 29.8 Å². The third-order valence-corrected chi connectivity index (χ3v) is 3.64. The number of fused-ring (bicyclic) bond motifs is 4. The molecule has 0 atom stereocenters. The van der Waals surface area contributed by atoms with Gasteiger partial charge in [0, 0.05) is 16.3 Å². The topological polar surface area (TPSA) is 13.1 Å². The van der Waals surface area contributed by atoms with Crippen LogP contribution in [0.5, 0.6) is 0 Å². The Morgan fingerprint density at radius 3 is 2.39 bits per heavy atom. The van der Waals surface area contributed by atoms with Gasteiger partial charge in [0.1, 0.15) is 11.2 Å². The average molecular weight is 232 g/mol. The molecule has 0 aliphatic heterocycles. The van der Waals surface area contributed by atoms with E-state index in [0.717, 1.165) is 11.2 Å². The molecule has 0 bridgehead atoms. The molecular weight excluding hydrogens is 220 g/mol. The summed E-state index contributed by atoms with van der Waals surface area (Å²) in [6.07, 6.45) is 0. The fourth-order valence-electron chi connectivity index (χ4n) is 2.73. The molecule has 4 rings (SSSR count). The highest BCUT2D eigenvalue weighted by atomic mass is 16.3. The highest BCUT2D eigenvalue weighted by Gasteiger charge is 2.10. The van der Waals surface area contributed by atoms with Crippen LogP contribution < -0.4 is 0 Å². The zero-order valence-electron chi connectivity index (χ0n) is 10.1. The maximum Gasteiger partial charge on any atom is 0.138 e. The van der Waals surface area contributed by atoms with Gasteiger partial charge >= 0.3 is 0 Å². The van der Waals surface area contributed by atoms with Gasteiger partial charge in [0.2, 0.25) is 0 Å². The van der Waals surface area contributed by atoms with Crippen molar-refractivity contribution in [1.29, 1.82) is 0 Å². The lowest BCUT2D eigenvalue weighted by Crippen LogP contribution is -1.79. The molecule has 0 radical (unpaired) electrons. The fraction of sp³-hybridized carbons (Fsp3) is 0.0588. The van der Waals surface area contributed by atoms with Crippen LogP contribution in [0.3, 0.4) is 0 Å². The van der Waals surface area contributed by atoms with E-state index in [9.17, 15) is 0 Å². The number of benzene rings is 3. The number of hydrogen-bond donors (Lipinski definition) is 0. The van der Waals surface area contributed by atoms with E-state index in [1.54, 1.807) is 0 Å². The van der Waals surface area contributed by atoms with Gasteiger partial charge in [-0.3, -0.25) is 0 Å². The first-order chi connectivity index (χ1) is 8.84. The van der Waals surface area contributed by atoms with E-state index in [1.165, 1.54) is 27.1 Å². The lowest BCUT2D eigenvalue weighted by molar-refractivity contribution is 0.666. The molecule has 0 saturated heterocycles. The van der Waals surface area contributed by atoms with Gasteiger partial charge in [-0.25, -0.2) is 0 Å². The molecule has 1 heteroatoms. The normalized spacial score (nSPS) is 11.6. The summed E-state index contributed by atoms with van der Waals surface area (Å²) >= 11 is 0. The summed E-state index contributed by atoms with van der Waals surface area (Å²) in [5.74, 6) is 0. The molecule has 0 saturated carbocycles. The number of aryl methyl sites for hydroxylation is 1. The van der Waals surface area contributed by atoms with Crippen molar-refractivity contribution < 1.29 is 4.42 Å². The summed E-state index contributed by atoms with van der Waals surface area (Å²) in [5.41, 5.74) is 3.19. The Bertz CT molecular complexity index is 884. The minimum atomic E-state index is 0.964. The average Bonchev–Trinajstić information content (AvgIpc) is 2.79. The first kappa shape index (κ1) is 9.72.